The van der Waals surface area contributed by atoms with Gasteiger partial charge in [-0.25, -0.2) is 19.6 Å². The fourth-order valence-corrected chi connectivity index (χ4v) is 12.9. The fraction of sp³-hybridized carbons (Fsp3) is 0.243. The van der Waals surface area contributed by atoms with Crippen LogP contribution in [0.4, 0.5) is 11.4 Å². The van der Waals surface area contributed by atoms with Gasteiger partial charge in [-0.15, -0.1) is 0 Å². The number of ether oxygens (including phenoxy) is 2. The number of nitrogens with two attached hydrogens (primary N) is 1. The van der Waals surface area contributed by atoms with Gasteiger partial charge in [0.25, 0.3) is 0 Å². The fourth-order valence-electron chi connectivity index (χ4n) is 11.9. The van der Waals surface area contributed by atoms with E-state index in [-0.39, 0.29) is 29.8 Å². The number of hydrogen-bond acceptors (Lipinski definition) is 9. The molecule has 0 bridgehead atoms. The molecule has 2 saturated carbocycles. The third-order valence-electron chi connectivity index (χ3n) is 16.1. The average Bonchev–Trinajstić information content (AvgIpc) is 1.77. The Morgan fingerprint density at radius 2 is 0.954 bits per heavy atom. The minimum absolute atomic E-state index is 0.0284. The van der Waals surface area contributed by atoms with Gasteiger partial charge in [0.1, 0.15) is 36.4 Å². The molecule has 1 amide bonds. The first kappa shape index (κ1) is 60.0. The van der Waals surface area contributed by atoms with Crippen LogP contribution < -0.4 is 20.5 Å². The molecule has 0 radical (unpaired) electrons. The topological polar surface area (TPSA) is 201 Å². The third kappa shape index (κ3) is 14.4. The van der Waals surface area contributed by atoms with Gasteiger partial charge in [-0.05, 0) is 206 Å². The van der Waals surface area contributed by atoms with Crippen molar-refractivity contribution < 1.29 is 38.6 Å². The number of anilines is 2. The van der Waals surface area contributed by atoms with E-state index in [1.165, 1.54) is 25.7 Å². The SMILES string of the molecule is CP(C)(=O)CC(=O)Nc1ccc(-c2ccc(Cl)cc2)c(COc2ccc(-c3nc4cc(C(=O)O)ccc4n3C3CCCCC3)cc2)c1.Nc1ccc(-c2ccc(Cl)cc2)c(COc2ccc(-c3nc4cc(C(=O)O)ccc4n3C3CCCCC3)cc2)c1. The molecule has 0 aliphatic heterocycles. The van der Waals surface area contributed by atoms with E-state index >= 15 is 0 Å². The zero-order chi connectivity index (χ0) is 60.8. The summed E-state index contributed by atoms with van der Waals surface area (Å²) in [6.45, 7) is 3.80. The largest absolute Gasteiger partial charge is 0.489 e. The predicted octanol–water partition coefficient (Wildman–Crippen LogP) is 17.8. The second-order valence-corrected chi connectivity index (χ2v) is 27.3. The van der Waals surface area contributed by atoms with E-state index in [1.54, 1.807) is 37.6 Å². The molecule has 0 unspecified atom stereocenters. The summed E-state index contributed by atoms with van der Waals surface area (Å²) in [6.07, 6.45) is 11.4. The number of aromatic nitrogens is 4. The van der Waals surface area contributed by atoms with Gasteiger partial charge in [0.15, 0.2) is 0 Å². The maximum atomic E-state index is 12.5. The highest BCUT2D eigenvalue weighted by Crippen LogP contribution is 2.40. The van der Waals surface area contributed by atoms with E-state index in [4.69, 9.17) is 48.4 Å². The van der Waals surface area contributed by atoms with Crippen molar-refractivity contribution in [3.63, 3.8) is 0 Å². The lowest BCUT2D eigenvalue weighted by atomic mass is 9.95. The standard InChI is InChI=1S/C37H37ClN3O5P.C33H30ClN3O3/c1-47(2,45)23-35(42)39-29-15-18-32(24-8-13-28(38)14-9-24)27(20-29)22-46-31-16-10-25(11-17-31)36-40-33-21-26(37(43)44)12-19-34(33)41(36)30-6-4-3-5-7-30;34-25-11-6-21(7-12-25)29-16-13-26(35)18-24(29)20-40-28-14-8-22(9-15-28)32-36-30-19-23(33(38)39)10-17-31(30)37(32)27-4-2-1-3-5-27/h8-21,30H,3-7,22-23H2,1-2H3,(H,39,42)(H,43,44);6-19,27H,1-5,20,35H2,(H,38,39). The van der Waals surface area contributed by atoms with Crippen LogP contribution in [0.3, 0.4) is 0 Å². The van der Waals surface area contributed by atoms with Gasteiger partial charge in [-0.3, -0.25) is 4.79 Å². The Bertz CT molecular complexity index is 4190. The number of rotatable bonds is 17. The summed E-state index contributed by atoms with van der Waals surface area (Å²) in [5, 5.41) is 23.3. The highest BCUT2D eigenvalue weighted by Gasteiger charge is 2.26. The number of imidazole rings is 2. The van der Waals surface area contributed by atoms with Gasteiger partial charge >= 0.3 is 11.9 Å². The molecule has 2 aliphatic rings. The molecule has 0 saturated heterocycles. The normalized spacial score (nSPS) is 13.9. The second kappa shape index (κ2) is 26.5. The molecule has 5 N–H and O–H groups in total. The van der Waals surface area contributed by atoms with Gasteiger partial charge in [-0.2, -0.15) is 0 Å². The van der Waals surface area contributed by atoms with E-state index in [9.17, 15) is 29.2 Å². The Kier molecular flexibility index (Phi) is 18.3. The van der Waals surface area contributed by atoms with Crippen LogP contribution in [0, 0.1) is 0 Å². The summed E-state index contributed by atoms with van der Waals surface area (Å²) in [5.41, 5.74) is 18.9. The monoisotopic (exact) mass is 1220 g/mol. The number of carbonyl (C=O) groups excluding carboxylic acids is 1. The van der Waals surface area contributed by atoms with Crippen molar-refractivity contribution >= 4 is 81.6 Å². The lowest BCUT2D eigenvalue weighted by Crippen LogP contribution is -2.16. The summed E-state index contributed by atoms with van der Waals surface area (Å²) in [4.78, 5) is 45.6. The van der Waals surface area contributed by atoms with E-state index in [2.05, 4.69) is 14.5 Å². The Labute approximate surface area is 515 Å². The molecule has 10 aromatic rings. The van der Waals surface area contributed by atoms with Crippen molar-refractivity contribution in [2.24, 2.45) is 0 Å². The molecular formula is C70H67Cl2N6O8P. The average molecular weight is 1220 g/mol. The summed E-state index contributed by atoms with van der Waals surface area (Å²) in [5.74, 6) is 0.866. The van der Waals surface area contributed by atoms with E-state index in [0.29, 0.717) is 56.9 Å². The van der Waals surface area contributed by atoms with Crippen LogP contribution in [0.25, 0.3) is 67.1 Å². The van der Waals surface area contributed by atoms with Crippen molar-refractivity contribution in [2.75, 3.05) is 30.5 Å². The number of hydrogen-bond donors (Lipinski definition) is 4. The quantitative estimate of drug-likeness (QED) is 0.0499. The number of carboxylic acid groups (broad SMARTS) is 2. The molecule has 2 aliphatic carbocycles. The Morgan fingerprint density at radius 3 is 1.38 bits per heavy atom. The molecule has 12 rings (SSSR count). The summed E-state index contributed by atoms with van der Waals surface area (Å²) in [6, 6.07) is 53.5. The number of halogens is 2. The summed E-state index contributed by atoms with van der Waals surface area (Å²) >= 11 is 12.2. The van der Waals surface area contributed by atoms with E-state index < -0.39 is 19.1 Å². The number of amides is 1. The first-order valence-corrected chi connectivity index (χ1v) is 32.9. The molecule has 0 atom stereocenters. The van der Waals surface area contributed by atoms with Gasteiger partial charge in [0, 0.05) is 44.6 Å². The van der Waals surface area contributed by atoms with Gasteiger partial charge in [0.05, 0.1) is 46.5 Å². The lowest BCUT2D eigenvalue weighted by molar-refractivity contribution is -0.113. The molecule has 2 fully saturated rings. The van der Waals surface area contributed by atoms with Crippen LogP contribution in [-0.4, -0.2) is 66.7 Å². The molecule has 2 aromatic heterocycles. The van der Waals surface area contributed by atoms with E-state index in [0.717, 1.165) is 111 Å². The summed E-state index contributed by atoms with van der Waals surface area (Å²) in [7, 11) is -2.52. The van der Waals surface area contributed by atoms with Crippen molar-refractivity contribution in [3.8, 4) is 56.5 Å². The maximum Gasteiger partial charge on any atom is 0.335 e. The number of benzene rings is 8. The molecule has 8 aromatic carbocycles. The van der Waals surface area contributed by atoms with Crippen LogP contribution in [0.1, 0.15) is 108 Å². The van der Waals surface area contributed by atoms with E-state index in [1.807, 2.05) is 146 Å². The molecule has 0 spiro atoms. The first-order valence-electron chi connectivity index (χ1n) is 29.3. The number of carbonyl (C=O) groups is 3. The number of aromatic carboxylic acids is 2. The minimum atomic E-state index is -2.52. The lowest BCUT2D eigenvalue weighted by Gasteiger charge is -2.25. The Hall–Kier alpha value is -8.68. The van der Waals surface area contributed by atoms with Gasteiger partial charge in [-0.1, -0.05) is 98.1 Å². The van der Waals surface area contributed by atoms with Crippen LogP contribution in [0.2, 0.25) is 10.0 Å². The number of nitrogen functional groups attached to an aromatic ring is 1. The van der Waals surface area contributed by atoms with Crippen molar-refractivity contribution in [1.29, 1.82) is 0 Å². The van der Waals surface area contributed by atoms with Crippen molar-refractivity contribution in [1.82, 2.24) is 19.1 Å². The molecular weight excluding hydrogens is 1150 g/mol. The molecule has 2 heterocycles. The third-order valence-corrected chi connectivity index (χ3v) is 17.7. The van der Waals surface area contributed by atoms with Crippen molar-refractivity contribution in [2.45, 2.75) is 89.5 Å². The molecule has 17 heteroatoms. The smallest absolute Gasteiger partial charge is 0.335 e. The second-order valence-electron chi connectivity index (χ2n) is 22.9. The number of fused-ring (bicyclic) bond motifs is 2. The summed E-state index contributed by atoms with van der Waals surface area (Å²) < 4.78 is 29.3. The Balaban J connectivity index is 0.000000182. The predicted molar refractivity (Wildman–Crippen MR) is 348 cm³/mol. The highest BCUT2D eigenvalue weighted by atomic mass is 35.5. The zero-order valence-corrected chi connectivity index (χ0v) is 50.8. The van der Waals surface area contributed by atoms with Gasteiger partial charge in [0.2, 0.25) is 5.91 Å². The van der Waals surface area contributed by atoms with Crippen LogP contribution in [0.5, 0.6) is 11.5 Å². The zero-order valence-electron chi connectivity index (χ0n) is 48.4. The van der Waals surface area contributed by atoms with Gasteiger partial charge < -0.3 is 44.4 Å². The highest BCUT2D eigenvalue weighted by molar-refractivity contribution is 7.63. The minimum Gasteiger partial charge on any atom is -0.489 e. The van der Waals surface area contributed by atoms with Crippen molar-refractivity contribution in [3.05, 3.63) is 202 Å². The first-order chi connectivity index (χ1) is 42.0. The molecule has 87 heavy (non-hydrogen) atoms. The van der Waals surface area contributed by atoms with Crippen LogP contribution in [-0.2, 0) is 22.6 Å². The van der Waals surface area contributed by atoms with Crippen LogP contribution in [0.15, 0.2) is 170 Å². The molecule has 444 valence electrons. The Morgan fingerprint density at radius 1 is 0.540 bits per heavy atom. The maximum absolute atomic E-state index is 12.5. The number of nitrogens with one attached hydrogen (secondary N) is 1. The number of nitrogens with zero attached hydrogens (tertiary/aromatic N) is 4. The van der Waals surface area contributed by atoms with Crippen LogP contribution >= 0.6 is 30.3 Å². The molecule has 14 nitrogen and oxygen atoms in total. The number of carboxylic acids is 2.